The molecule has 2 amide bonds. The molecule has 3 aromatic carbocycles. The van der Waals surface area contributed by atoms with E-state index in [9.17, 15) is 14.7 Å². The summed E-state index contributed by atoms with van der Waals surface area (Å²) in [6.45, 7) is 1.70. The quantitative estimate of drug-likeness (QED) is 0.367. The highest BCUT2D eigenvalue weighted by atomic mass is 35.5. The van der Waals surface area contributed by atoms with E-state index in [1.165, 1.54) is 6.07 Å². The van der Waals surface area contributed by atoms with Crippen molar-refractivity contribution in [2.24, 2.45) is 5.10 Å². The summed E-state index contributed by atoms with van der Waals surface area (Å²) >= 11 is 12.0. The van der Waals surface area contributed by atoms with Gasteiger partial charge < -0.3 is 10.4 Å². The van der Waals surface area contributed by atoms with Gasteiger partial charge in [-0.1, -0.05) is 65.7 Å². The molecule has 6 nitrogen and oxygen atoms in total. The number of hydrazone groups is 1. The summed E-state index contributed by atoms with van der Waals surface area (Å²) in [7, 11) is 0. The van der Waals surface area contributed by atoms with Crippen LogP contribution in [0.5, 0.6) is 0 Å². The van der Waals surface area contributed by atoms with Gasteiger partial charge in [-0.05, 0) is 48.4 Å². The van der Waals surface area contributed by atoms with Gasteiger partial charge in [-0.2, -0.15) is 5.10 Å². The average molecular weight is 456 g/mol. The van der Waals surface area contributed by atoms with Crippen LogP contribution in [0.2, 0.25) is 10.0 Å². The number of amides is 2. The number of carbonyl (C=O) groups excluding carboxylic acids is 2. The maximum atomic E-state index is 12.5. The molecule has 0 spiro atoms. The molecule has 8 heteroatoms. The number of rotatable bonds is 6. The normalized spacial score (nSPS) is 12.2. The Kier molecular flexibility index (Phi) is 7.41. The van der Waals surface area contributed by atoms with Crippen molar-refractivity contribution < 1.29 is 14.7 Å². The summed E-state index contributed by atoms with van der Waals surface area (Å²) in [6.07, 6.45) is -1.33. The Morgan fingerprint density at radius 2 is 1.71 bits per heavy atom. The van der Waals surface area contributed by atoms with Crippen LogP contribution in [-0.4, -0.2) is 22.6 Å². The van der Waals surface area contributed by atoms with Crippen molar-refractivity contribution in [2.45, 2.75) is 13.0 Å². The zero-order chi connectivity index (χ0) is 22.4. The standard InChI is InChI=1S/C23H19Cl2N3O3/c1-14(27-28-23(31)21(29)15-6-3-2-4-7-15)16-8-5-9-18(12-16)26-22(30)19-11-10-17(24)13-20(19)25/h2-13,21,29H,1H3,(H,26,30)(H,28,31)/b27-14-. The SMILES string of the molecule is C/C(=N/NC(=O)C(O)c1ccccc1)c1cccc(NC(=O)c2ccc(Cl)cc2Cl)c1. The molecule has 0 aliphatic carbocycles. The fourth-order valence-corrected chi connectivity index (χ4v) is 3.24. The van der Waals surface area contributed by atoms with Gasteiger partial charge in [-0.3, -0.25) is 9.59 Å². The van der Waals surface area contributed by atoms with E-state index in [0.29, 0.717) is 33.1 Å². The Bertz CT molecular complexity index is 1130. The molecule has 3 aromatic rings. The lowest BCUT2D eigenvalue weighted by molar-refractivity contribution is -0.129. The Morgan fingerprint density at radius 1 is 0.968 bits per heavy atom. The minimum absolute atomic E-state index is 0.249. The minimum atomic E-state index is -1.33. The molecular formula is C23H19Cl2N3O3. The molecule has 0 aliphatic rings. The van der Waals surface area contributed by atoms with Crippen molar-refractivity contribution in [3.05, 3.63) is 99.5 Å². The largest absolute Gasteiger partial charge is 0.378 e. The number of halogens is 2. The highest BCUT2D eigenvalue weighted by Crippen LogP contribution is 2.22. The van der Waals surface area contributed by atoms with Crippen molar-refractivity contribution >= 4 is 46.4 Å². The molecule has 3 rings (SSSR count). The third kappa shape index (κ3) is 5.92. The third-order valence-electron chi connectivity index (χ3n) is 4.41. The van der Waals surface area contributed by atoms with Gasteiger partial charge in [0.25, 0.3) is 11.8 Å². The molecule has 0 aliphatic heterocycles. The Balaban J connectivity index is 1.68. The molecule has 0 fully saturated rings. The molecule has 0 saturated heterocycles. The van der Waals surface area contributed by atoms with E-state index in [-0.39, 0.29) is 10.9 Å². The molecule has 0 saturated carbocycles. The predicted octanol–water partition coefficient (Wildman–Crippen LogP) is 4.82. The van der Waals surface area contributed by atoms with Crippen LogP contribution in [0.1, 0.15) is 34.5 Å². The first-order chi connectivity index (χ1) is 14.8. The van der Waals surface area contributed by atoms with Gasteiger partial charge in [0.15, 0.2) is 6.10 Å². The zero-order valence-corrected chi connectivity index (χ0v) is 18.0. The fourth-order valence-electron chi connectivity index (χ4n) is 2.75. The number of aliphatic hydroxyl groups excluding tert-OH is 1. The van der Waals surface area contributed by atoms with Crippen molar-refractivity contribution in [3.63, 3.8) is 0 Å². The topological polar surface area (TPSA) is 90.8 Å². The summed E-state index contributed by atoms with van der Waals surface area (Å²) in [5.41, 5.74) is 4.82. The summed E-state index contributed by atoms with van der Waals surface area (Å²) in [5, 5.41) is 17.6. The predicted molar refractivity (Wildman–Crippen MR) is 123 cm³/mol. The van der Waals surface area contributed by atoms with E-state index in [2.05, 4.69) is 15.8 Å². The van der Waals surface area contributed by atoms with Crippen LogP contribution < -0.4 is 10.7 Å². The maximum Gasteiger partial charge on any atom is 0.273 e. The molecule has 3 N–H and O–H groups in total. The lowest BCUT2D eigenvalue weighted by Gasteiger charge is -2.10. The van der Waals surface area contributed by atoms with Gasteiger partial charge in [0.2, 0.25) is 0 Å². The Labute approximate surface area is 189 Å². The van der Waals surface area contributed by atoms with Gasteiger partial charge in [0.1, 0.15) is 0 Å². The molecule has 1 unspecified atom stereocenters. The van der Waals surface area contributed by atoms with Crippen LogP contribution in [0.25, 0.3) is 0 Å². The number of hydrogen-bond acceptors (Lipinski definition) is 4. The van der Waals surface area contributed by atoms with Crippen LogP contribution >= 0.6 is 23.2 Å². The molecule has 0 radical (unpaired) electrons. The van der Waals surface area contributed by atoms with E-state index in [0.717, 1.165) is 0 Å². The molecular weight excluding hydrogens is 437 g/mol. The number of nitrogens with zero attached hydrogens (tertiary/aromatic N) is 1. The van der Waals surface area contributed by atoms with Crippen LogP contribution in [0.4, 0.5) is 5.69 Å². The Morgan fingerprint density at radius 3 is 2.42 bits per heavy atom. The van der Waals surface area contributed by atoms with E-state index >= 15 is 0 Å². The second-order valence-corrected chi connectivity index (χ2v) is 7.49. The molecule has 158 valence electrons. The maximum absolute atomic E-state index is 12.5. The van der Waals surface area contributed by atoms with Gasteiger partial charge in [0, 0.05) is 10.7 Å². The summed E-state index contributed by atoms with van der Waals surface area (Å²) in [4.78, 5) is 24.7. The number of benzene rings is 3. The second-order valence-electron chi connectivity index (χ2n) is 6.65. The summed E-state index contributed by atoms with van der Waals surface area (Å²) in [5.74, 6) is -1.03. The number of hydrogen-bond donors (Lipinski definition) is 3. The summed E-state index contributed by atoms with van der Waals surface area (Å²) in [6, 6.07) is 20.1. The van der Waals surface area contributed by atoms with Crippen molar-refractivity contribution in [1.82, 2.24) is 5.43 Å². The first-order valence-electron chi connectivity index (χ1n) is 9.29. The van der Waals surface area contributed by atoms with Gasteiger partial charge >= 0.3 is 0 Å². The Hall–Kier alpha value is -3.19. The first-order valence-corrected chi connectivity index (χ1v) is 10.0. The number of carbonyl (C=O) groups is 2. The lowest BCUT2D eigenvalue weighted by Crippen LogP contribution is -2.26. The minimum Gasteiger partial charge on any atom is -0.378 e. The molecule has 1 atom stereocenters. The van der Waals surface area contributed by atoms with Crippen molar-refractivity contribution in [1.29, 1.82) is 0 Å². The van der Waals surface area contributed by atoms with Gasteiger partial charge in [-0.15, -0.1) is 0 Å². The van der Waals surface area contributed by atoms with E-state index < -0.39 is 12.0 Å². The molecule has 0 bridgehead atoms. The molecule has 31 heavy (non-hydrogen) atoms. The highest BCUT2D eigenvalue weighted by molar-refractivity contribution is 6.37. The van der Waals surface area contributed by atoms with Crippen LogP contribution in [0.15, 0.2) is 77.9 Å². The van der Waals surface area contributed by atoms with E-state index in [4.69, 9.17) is 23.2 Å². The van der Waals surface area contributed by atoms with E-state index in [1.807, 2.05) is 0 Å². The highest BCUT2D eigenvalue weighted by Gasteiger charge is 2.16. The number of anilines is 1. The van der Waals surface area contributed by atoms with Crippen LogP contribution in [0, 0.1) is 0 Å². The summed E-state index contributed by atoms with van der Waals surface area (Å²) < 4.78 is 0. The smallest absolute Gasteiger partial charge is 0.273 e. The van der Waals surface area contributed by atoms with Crippen molar-refractivity contribution in [3.8, 4) is 0 Å². The van der Waals surface area contributed by atoms with Crippen LogP contribution in [-0.2, 0) is 4.79 Å². The average Bonchev–Trinajstić information content (AvgIpc) is 2.77. The third-order valence-corrected chi connectivity index (χ3v) is 4.96. The first kappa shape index (κ1) is 22.5. The number of aliphatic hydroxyl groups is 1. The lowest BCUT2D eigenvalue weighted by atomic mass is 10.1. The molecule has 0 aromatic heterocycles. The van der Waals surface area contributed by atoms with E-state index in [1.54, 1.807) is 73.7 Å². The second kappa shape index (κ2) is 10.2. The fraction of sp³-hybridized carbons (Fsp3) is 0.0870. The molecule has 0 heterocycles. The van der Waals surface area contributed by atoms with Gasteiger partial charge in [0.05, 0.1) is 16.3 Å². The van der Waals surface area contributed by atoms with Gasteiger partial charge in [-0.25, -0.2) is 5.43 Å². The zero-order valence-electron chi connectivity index (χ0n) is 16.5. The number of nitrogens with one attached hydrogen (secondary N) is 2. The van der Waals surface area contributed by atoms with Crippen LogP contribution in [0.3, 0.4) is 0 Å². The van der Waals surface area contributed by atoms with Crippen molar-refractivity contribution in [2.75, 3.05) is 5.32 Å². The monoisotopic (exact) mass is 455 g/mol.